The fraction of sp³-hybridized carbons (Fsp3) is 0.538. The first kappa shape index (κ1) is 23.4. The molecule has 1 fully saturated rings. The zero-order valence-electron chi connectivity index (χ0n) is 12.9. The Kier molecular flexibility index (Phi) is 4.90. The fourth-order valence-corrected chi connectivity index (χ4v) is 3.39. The topological polar surface area (TPSA) is 34.1 Å². The van der Waals surface area contributed by atoms with Crippen LogP contribution in [-0.2, 0) is 17.1 Å². The Morgan fingerprint density at radius 2 is 1.24 bits per heavy atom. The number of hydrogen-bond donors (Lipinski definition) is 0. The number of alkyl halides is 13. The quantitative estimate of drug-likeness (QED) is 0.329. The van der Waals surface area contributed by atoms with E-state index in [2.05, 4.69) is 0 Å². The average Bonchev–Trinajstić information content (AvgIpc) is 2.98. The molecule has 0 amide bonds. The second kappa shape index (κ2) is 6.07. The van der Waals surface area contributed by atoms with Crippen molar-refractivity contribution in [1.82, 2.24) is 0 Å². The molecule has 0 saturated heterocycles. The van der Waals surface area contributed by atoms with Crippen molar-refractivity contribution in [1.29, 1.82) is 0 Å². The molecule has 0 N–H and O–H groups in total. The van der Waals surface area contributed by atoms with Crippen molar-refractivity contribution in [2.45, 2.75) is 42.2 Å². The molecular weight excluding hydrogens is 467 g/mol. The number of ketones is 2. The van der Waals surface area contributed by atoms with Crippen molar-refractivity contribution in [2.75, 3.05) is 0 Å². The largest absolute Gasteiger partial charge is 0.425 e. The maximum Gasteiger partial charge on any atom is 0.425 e. The number of halogens is 13. The molecular formula is C13H3F13O2S. The molecule has 0 atom stereocenters. The van der Waals surface area contributed by atoms with Crippen LogP contribution in [0.4, 0.5) is 57.1 Å². The summed E-state index contributed by atoms with van der Waals surface area (Å²) in [5.74, 6) is -24.6. The van der Waals surface area contributed by atoms with Gasteiger partial charge in [0.05, 0.1) is 16.9 Å². The van der Waals surface area contributed by atoms with Crippen LogP contribution in [0.15, 0.2) is 6.07 Å². The van der Waals surface area contributed by atoms with E-state index in [0.29, 0.717) is 0 Å². The lowest BCUT2D eigenvalue weighted by Gasteiger charge is -2.52. The summed E-state index contributed by atoms with van der Waals surface area (Å²) in [7, 11) is 0. The molecule has 0 bridgehead atoms. The Labute approximate surface area is 154 Å². The molecule has 164 valence electrons. The van der Waals surface area contributed by atoms with Gasteiger partial charge in [-0.3, -0.25) is 9.59 Å². The normalized spacial score (nSPS) is 22.1. The molecule has 16 heteroatoms. The second-order valence-electron chi connectivity index (χ2n) is 5.75. The van der Waals surface area contributed by atoms with E-state index in [0.717, 1.165) is 0 Å². The van der Waals surface area contributed by atoms with Crippen LogP contribution in [0.5, 0.6) is 0 Å². The first-order valence-corrected chi connectivity index (χ1v) is 7.62. The van der Waals surface area contributed by atoms with Crippen molar-refractivity contribution < 1.29 is 66.7 Å². The molecule has 1 aliphatic rings. The molecule has 0 aliphatic heterocycles. The third-order valence-electron chi connectivity index (χ3n) is 3.93. The Morgan fingerprint density at radius 1 is 0.793 bits per heavy atom. The Morgan fingerprint density at radius 3 is 1.62 bits per heavy atom. The van der Waals surface area contributed by atoms with Crippen molar-refractivity contribution in [3.63, 3.8) is 0 Å². The predicted octanol–water partition coefficient (Wildman–Crippen LogP) is 5.56. The number of Topliss-reactive ketones (excluding diaryl/α,β-unsaturated/α-hetero) is 2. The van der Waals surface area contributed by atoms with E-state index in [1.807, 2.05) is 0 Å². The highest BCUT2D eigenvalue weighted by atomic mass is 32.1. The number of carbonyl (C=O) groups excluding carboxylic acids is 2. The summed E-state index contributed by atoms with van der Waals surface area (Å²) in [6, 6.07) is -0.575. The molecule has 0 spiro atoms. The lowest BCUT2D eigenvalue weighted by molar-refractivity contribution is -0.457. The van der Waals surface area contributed by atoms with Crippen LogP contribution >= 0.6 is 11.3 Å². The molecule has 0 aromatic carbocycles. The van der Waals surface area contributed by atoms with Gasteiger partial charge in [-0.05, 0) is 6.07 Å². The lowest BCUT2D eigenvalue weighted by atomic mass is 9.66. The van der Waals surface area contributed by atoms with E-state index in [-0.39, 0.29) is 0 Å². The van der Waals surface area contributed by atoms with Gasteiger partial charge >= 0.3 is 35.8 Å². The van der Waals surface area contributed by atoms with Crippen molar-refractivity contribution >= 4 is 22.9 Å². The van der Waals surface area contributed by atoms with Crippen LogP contribution in [0.25, 0.3) is 0 Å². The molecule has 0 unspecified atom stereocenters. The SMILES string of the molecule is O=C(CC(=O)C1(F)C(F)(F)C(F)(F)C1(F)F)c1sc(C(F)(F)F)cc1C(F)(F)F. The Bertz CT molecular complexity index is 843. The minimum absolute atomic E-state index is 0.575. The van der Waals surface area contributed by atoms with Crippen molar-refractivity contribution in [2.24, 2.45) is 0 Å². The zero-order chi connectivity index (χ0) is 23.0. The predicted molar refractivity (Wildman–Crippen MR) is 67.0 cm³/mol. The minimum Gasteiger partial charge on any atom is -0.295 e. The Hall–Kier alpha value is -1.87. The van der Waals surface area contributed by atoms with E-state index in [4.69, 9.17) is 0 Å². The van der Waals surface area contributed by atoms with Gasteiger partial charge in [-0.15, -0.1) is 11.3 Å². The highest BCUT2D eigenvalue weighted by Gasteiger charge is 3.02. The van der Waals surface area contributed by atoms with Crippen molar-refractivity contribution in [3.05, 3.63) is 21.4 Å². The van der Waals surface area contributed by atoms with Crippen LogP contribution in [0.2, 0.25) is 0 Å². The fourth-order valence-electron chi connectivity index (χ4n) is 2.41. The monoisotopic (exact) mass is 470 g/mol. The van der Waals surface area contributed by atoms with Gasteiger partial charge in [0.1, 0.15) is 4.88 Å². The summed E-state index contributed by atoms with van der Waals surface area (Å²) in [4.78, 5) is 19.2. The maximum absolute atomic E-state index is 13.9. The number of carbonyl (C=O) groups is 2. The van der Waals surface area contributed by atoms with E-state index in [1.165, 1.54) is 0 Å². The molecule has 2 rings (SSSR count). The Balaban J connectivity index is 2.44. The summed E-state index contributed by atoms with van der Waals surface area (Å²) in [6.07, 6.45) is -13.6. The van der Waals surface area contributed by atoms with Gasteiger partial charge in [-0.2, -0.15) is 52.7 Å². The molecule has 0 radical (unpaired) electrons. The van der Waals surface area contributed by atoms with Gasteiger partial charge in [0.15, 0.2) is 11.6 Å². The number of rotatable bonds is 4. The summed E-state index contributed by atoms with van der Waals surface area (Å²) in [5, 5.41) is 0. The number of thiophene rings is 1. The molecule has 1 aliphatic carbocycles. The third kappa shape index (κ3) is 2.92. The lowest BCUT2D eigenvalue weighted by Crippen LogP contribution is -2.86. The highest BCUT2D eigenvalue weighted by molar-refractivity contribution is 7.14. The molecule has 29 heavy (non-hydrogen) atoms. The highest BCUT2D eigenvalue weighted by Crippen LogP contribution is 2.69. The standard InChI is InChI=1S/C13H3F13O2S/c14-8(11(21,22)13(25,26)12(8,23)24)5(28)2-4(27)7-3(9(15,16)17)1-6(29-7)10(18,19)20/h1H,2H2. The van der Waals surface area contributed by atoms with E-state index in [9.17, 15) is 66.7 Å². The minimum atomic E-state index is -6.35. The molecule has 2 nitrogen and oxygen atoms in total. The molecule has 1 heterocycles. The molecule has 1 aromatic rings. The zero-order valence-corrected chi connectivity index (χ0v) is 13.7. The van der Waals surface area contributed by atoms with Crippen molar-refractivity contribution in [3.8, 4) is 0 Å². The van der Waals surface area contributed by atoms with E-state index < -0.39 is 86.5 Å². The molecule has 1 aromatic heterocycles. The first-order valence-electron chi connectivity index (χ1n) is 6.81. The van der Waals surface area contributed by atoms with Gasteiger partial charge < -0.3 is 0 Å². The average molecular weight is 470 g/mol. The third-order valence-corrected chi connectivity index (χ3v) is 5.15. The summed E-state index contributed by atoms with van der Waals surface area (Å²) in [5.41, 5.74) is -8.24. The summed E-state index contributed by atoms with van der Waals surface area (Å²) >= 11 is -0.913. The van der Waals surface area contributed by atoms with Crippen LogP contribution < -0.4 is 0 Å². The van der Waals surface area contributed by atoms with Crippen LogP contribution in [0, 0.1) is 0 Å². The number of hydrogen-bond acceptors (Lipinski definition) is 3. The van der Waals surface area contributed by atoms with Gasteiger partial charge in [0.2, 0.25) is 0 Å². The van der Waals surface area contributed by atoms with Gasteiger partial charge in [0.25, 0.3) is 0 Å². The maximum atomic E-state index is 13.9. The summed E-state index contributed by atoms with van der Waals surface area (Å²) in [6.45, 7) is 0. The van der Waals surface area contributed by atoms with E-state index >= 15 is 0 Å². The first-order chi connectivity index (χ1) is 12.6. The smallest absolute Gasteiger partial charge is 0.295 e. The van der Waals surface area contributed by atoms with E-state index in [1.54, 1.807) is 0 Å². The van der Waals surface area contributed by atoms with Crippen LogP contribution in [0.1, 0.15) is 26.5 Å². The van der Waals surface area contributed by atoms with Crippen LogP contribution in [-0.4, -0.2) is 35.0 Å². The summed E-state index contributed by atoms with van der Waals surface area (Å²) < 4.78 is 168. The van der Waals surface area contributed by atoms with Gasteiger partial charge in [-0.1, -0.05) is 0 Å². The van der Waals surface area contributed by atoms with Gasteiger partial charge in [-0.25, -0.2) is 4.39 Å². The van der Waals surface area contributed by atoms with Gasteiger partial charge in [0, 0.05) is 0 Å². The van der Waals surface area contributed by atoms with Crippen LogP contribution in [0.3, 0.4) is 0 Å². The second-order valence-corrected chi connectivity index (χ2v) is 6.81. The molecule has 1 saturated carbocycles.